The Morgan fingerprint density at radius 3 is 3.11 bits per heavy atom. The number of hydrogen-bond acceptors (Lipinski definition) is 3. The molecule has 0 aliphatic carbocycles. The van der Waals surface area contributed by atoms with Gasteiger partial charge in [0.05, 0.1) is 5.56 Å². The highest BCUT2D eigenvalue weighted by Crippen LogP contribution is 2.17. The van der Waals surface area contributed by atoms with Gasteiger partial charge in [0.1, 0.15) is 5.02 Å². The maximum Gasteiger partial charge on any atom is 0.266 e. The molecule has 2 heterocycles. The number of pyridine rings is 1. The molecule has 19 heavy (non-hydrogen) atoms. The zero-order chi connectivity index (χ0) is 13.7. The first-order chi connectivity index (χ1) is 9.16. The van der Waals surface area contributed by atoms with Gasteiger partial charge in [0.15, 0.2) is 0 Å². The van der Waals surface area contributed by atoms with E-state index in [0.29, 0.717) is 18.0 Å². The zero-order valence-electron chi connectivity index (χ0n) is 10.6. The van der Waals surface area contributed by atoms with E-state index in [1.54, 1.807) is 0 Å². The van der Waals surface area contributed by atoms with Gasteiger partial charge in [-0.25, -0.2) is 0 Å². The molecule has 0 saturated carbocycles. The highest BCUT2D eigenvalue weighted by atomic mass is 35.5. The summed E-state index contributed by atoms with van der Waals surface area (Å²) in [5, 5.41) is 2.83. The lowest BCUT2D eigenvalue weighted by Gasteiger charge is -2.08. The van der Waals surface area contributed by atoms with Crippen LogP contribution in [0, 0.1) is 5.92 Å². The summed E-state index contributed by atoms with van der Waals surface area (Å²) in [6, 6.07) is 1.38. The average Bonchev–Trinajstić information content (AvgIpc) is 2.91. The molecule has 1 fully saturated rings. The number of rotatable bonds is 5. The molecule has 0 radical (unpaired) electrons. The minimum Gasteiger partial charge on any atom is -0.381 e. The van der Waals surface area contributed by atoms with Crippen molar-refractivity contribution in [1.29, 1.82) is 0 Å². The van der Waals surface area contributed by atoms with Crippen LogP contribution >= 0.6 is 11.6 Å². The topological polar surface area (TPSA) is 71.2 Å². The molecule has 104 valence electrons. The molecule has 6 heteroatoms. The van der Waals surface area contributed by atoms with Crippen LogP contribution in [-0.4, -0.2) is 30.6 Å². The molecule has 5 nitrogen and oxygen atoms in total. The molecular formula is C13H17ClN2O3. The number of ether oxygens (including phenoxy) is 1. The van der Waals surface area contributed by atoms with Crippen LogP contribution in [0.3, 0.4) is 0 Å². The van der Waals surface area contributed by atoms with Crippen LogP contribution in [0.4, 0.5) is 0 Å². The molecule has 0 bridgehead atoms. The summed E-state index contributed by atoms with van der Waals surface area (Å²) >= 11 is 5.67. The summed E-state index contributed by atoms with van der Waals surface area (Å²) in [5.74, 6) is 0.403. The van der Waals surface area contributed by atoms with Crippen molar-refractivity contribution in [2.45, 2.75) is 19.3 Å². The second-order valence-corrected chi connectivity index (χ2v) is 5.10. The Bertz CT molecular complexity index is 495. The highest BCUT2D eigenvalue weighted by Gasteiger charge is 2.15. The Hall–Kier alpha value is -1.33. The van der Waals surface area contributed by atoms with Gasteiger partial charge in [-0.2, -0.15) is 0 Å². The standard InChI is InChI=1S/C13H17ClN2O3/c14-11-6-10(7-16-13(11)18)12(17)15-4-1-2-9-3-5-19-8-9/h6-7,9H,1-5,8H2,(H,15,17)(H,16,18)/t9-/m0/s1. The molecule has 0 spiro atoms. The van der Waals surface area contributed by atoms with Crippen molar-refractivity contribution in [3.63, 3.8) is 0 Å². The quantitative estimate of drug-likeness (QED) is 0.807. The van der Waals surface area contributed by atoms with E-state index in [4.69, 9.17) is 16.3 Å². The Morgan fingerprint density at radius 1 is 1.58 bits per heavy atom. The number of nitrogens with one attached hydrogen (secondary N) is 2. The largest absolute Gasteiger partial charge is 0.381 e. The van der Waals surface area contributed by atoms with Crippen molar-refractivity contribution >= 4 is 17.5 Å². The number of halogens is 1. The lowest BCUT2D eigenvalue weighted by molar-refractivity contribution is 0.0952. The SMILES string of the molecule is O=C(NCCC[C@H]1CCOC1)c1c[nH]c(=O)c(Cl)c1. The highest BCUT2D eigenvalue weighted by molar-refractivity contribution is 6.30. The van der Waals surface area contributed by atoms with Crippen molar-refractivity contribution in [2.24, 2.45) is 5.92 Å². The molecule has 0 unspecified atom stereocenters. The fourth-order valence-electron chi connectivity index (χ4n) is 2.09. The molecule has 1 atom stereocenters. The fraction of sp³-hybridized carbons (Fsp3) is 0.538. The van der Waals surface area contributed by atoms with Gasteiger partial charge in [0.25, 0.3) is 11.5 Å². The van der Waals surface area contributed by atoms with E-state index < -0.39 is 0 Å². The van der Waals surface area contributed by atoms with Crippen molar-refractivity contribution in [3.05, 3.63) is 33.2 Å². The van der Waals surface area contributed by atoms with E-state index in [-0.39, 0.29) is 16.5 Å². The van der Waals surface area contributed by atoms with Gasteiger partial charge >= 0.3 is 0 Å². The van der Waals surface area contributed by atoms with Gasteiger partial charge in [-0.3, -0.25) is 9.59 Å². The summed E-state index contributed by atoms with van der Waals surface area (Å²) in [4.78, 5) is 25.3. The van der Waals surface area contributed by atoms with Crippen molar-refractivity contribution in [3.8, 4) is 0 Å². The Morgan fingerprint density at radius 2 is 2.42 bits per heavy atom. The predicted octanol–water partition coefficient (Wildman–Crippen LogP) is 1.57. The van der Waals surface area contributed by atoms with Crippen molar-refractivity contribution in [1.82, 2.24) is 10.3 Å². The molecule has 1 aromatic heterocycles. The van der Waals surface area contributed by atoms with Gasteiger partial charge in [-0.15, -0.1) is 0 Å². The van der Waals surface area contributed by atoms with Gasteiger partial charge in [0.2, 0.25) is 0 Å². The molecule has 1 aliphatic heterocycles. The van der Waals surface area contributed by atoms with Crippen LogP contribution in [0.25, 0.3) is 0 Å². The van der Waals surface area contributed by atoms with Crippen molar-refractivity contribution in [2.75, 3.05) is 19.8 Å². The lowest BCUT2D eigenvalue weighted by Crippen LogP contribution is -2.25. The normalized spacial score (nSPS) is 18.5. The number of hydrogen-bond donors (Lipinski definition) is 2. The summed E-state index contributed by atoms with van der Waals surface area (Å²) in [7, 11) is 0. The predicted molar refractivity (Wildman–Crippen MR) is 72.6 cm³/mol. The Labute approximate surface area is 116 Å². The average molecular weight is 285 g/mol. The molecule has 2 N–H and O–H groups in total. The second kappa shape index (κ2) is 6.73. The van der Waals surface area contributed by atoms with E-state index in [9.17, 15) is 9.59 Å². The maximum atomic E-state index is 11.8. The molecule has 1 aliphatic rings. The number of amides is 1. The number of aromatic amines is 1. The molecule has 1 amide bonds. The summed E-state index contributed by atoms with van der Waals surface area (Å²) in [5.41, 5.74) is -0.0201. The number of aromatic nitrogens is 1. The van der Waals surface area contributed by atoms with E-state index in [2.05, 4.69) is 10.3 Å². The first-order valence-electron chi connectivity index (χ1n) is 6.41. The Kier molecular flexibility index (Phi) is 4.99. The molecule has 1 aromatic rings. The number of carbonyl (C=O) groups is 1. The smallest absolute Gasteiger partial charge is 0.266 e. The van der Waals surface area contributed by atoms with Crippen LogP contribution in [0.5, 0.6) is 0 Å². The van der Waals surface area contributed by atoms with Crippen molar-refractivity contribution < 1.29 is 9.53 Å². The third-order valence-electron chi connectivity index (χ3n) is 3.22. The summed E-state index contributed by atoms with van der Waals surface area (Å²) in [6.45, 7) is 2.31. The van der Waals surface area contributed by atoms with E-state index in [1.807, 2.05) is 0 Å². The minimum atomic E-state index is -0.389. The van der Waals surface area contributed by atoms with Gasteiger partial charge in [-0.05, 0) is 31.2 Å². The first-order valence-corrected chi connectivity index (χ1v) is 6.79. The van der Waals surface area contributed by atoms with Crippen LogP contribution < -0.4 is 10.9 Å². The molecule has 0 aromatic carbocycles. The van der Waals surface area contributed by atoms with Crippen LogP contribution in [0.15, 0.2) is 17.1 Å². The summed E-state index contributed by atoms with van der Waals surface area (Å²) in [6.07, 6.45) is 4.47. The van der Waals surface area contributed by atoms with Gasteiger partial charge < -0.3 is 15.0 Å². The summed E-state index contributed by atoms with van der Waals surface area (Å²) < 4.78 is 5.29. The molecule has 2 rings (SSSR count). The molecule has 1 saturated heterocycles. The van der Waals surface area contributed by atoms with Crippen LogP contribution in [-0.2, 0) is 4.74 Å². The Balaban J connectivity index is 1.74. The zero-order valence-corrected chi connectivity index (χ0v) is 11.3. The van der Waals surface area contributed by atoms with E-state index in [0.717, 1.165) is 32.5 Å². The third-order valence-corrected chi connectivity index (χ3v) is 3.50. The first kappa shape index (κ1) is 14.1. The van der Waals surface area contributed by atoms with E-state index >= 15 is 0 Å². The van der Waals surface area contributed by atoms with Gasteiger partial charge in [0, 0.05) is 26.0 Å². The number of H-pyrrole nitrogens is 1. The third kappa shape index (κ3) is 4.08. The maximum absolute atomic E-state index is 11.8. The van der Waals surface area contributed by atoms with Gasteiger partial charge in [-0.1, -0.05) is 11.6 Å². The van der Waals surface area contributed by atoms with Crippen LogP contribution in [0.2, 0.25) is 5.02 Å². The van der Waals surface area contributed by atoms with Crippen LogP contribution in [0.1, 0.15) is 29.6 Å². The fourth-order valence-corrected chi connectivity index (χ4v) is 2.26. The molecular weight excluding hydrogens is 268 g/mol. The minimum absolute atomic E-state index is 0.0238. The second-order valence-electron chi connectivity index (χ2n) is 4.69. The monoisotopic (exact) mass is 284 g/mol. The van der Waals surface area contributed by atoms with E-state index in [1.165, 1.54) is 12.3 Å². The number of carbonyl (C=O) groups excluding carboxylic acids is 1. The lowest BCUT2D eigenvalue weighted by atomic mass is 10.0.